The van der Waals surface area contributed by atoms with Crippen LogP contribution >= 0.6 is 0 Å². The summed E-state index contributed by atoms with van der Waals surface area (Å²) in [6.07, 6.45) is 8.60. The van der Waals surface area contributed by atoms with Gasteiger partial charge < -0.3 is 5.32 Å². The molecule has 2 heterocycles. The number of aromatic nitrogens is 3. The van der Waals surface area contributed by atoms with Gasteiger partial charge >= 0.3 is 0 Å². The maximum atomic E-state index is 12.0. The topological polar surface area (TPSA) is 59.8 Å². The smallest absolute Gasteiger partial charge is 0.225 e. The lowest BCUT2D eigenvalue weighted by molar-refractivity contribution is -0.116. The predicted octanol–water partition coefficient (Wildman–Crippen LogP) is 3.48. The molecule has 1 amide bonds. The van der Waals surface area contributed by atoms with Crippen LogP contribution in [-0.4, -0.2) is 20.7 Å². The van der Waals surface area contributed by atoms with Gasteiger partial charge in [0.05, 0.1) is 0 Å². The SMILES string of the molecule is O=C(CCCc1ccccc1)Nc1ccn(CCc2ccncc2)n1. The van der Waals surface area contributed by atoms with Crippen LogP contribution in [0, 0.1) is 0 Å². The van der Waals surface area contributed by atoms with E-state index in [-0.39, 0.29) is 5.91 Å². The second kappa shape index (κ2) is 8.78. The minimum atomic E-state index is 0.00955. The van der Waals surface area contributed by atoms with E-state index in [1.807, 2.05) is 47.3 Å². The van der Waals surface area contributed by atoms with Crippen molar-refractivity contribution in [2.24, 2.45) is 0 Å². The van der Waals surface area contributed by atoms with Crippen molar-refractivity contribution in [1.29, 1.82) is 0 Å². The largest absolute Gasteiger partial charge is 0.309 e. The summed E-state index contributed by atoms with van der Waals surface area (Å²) in [4.78, 5) is 16.0. The monoisotopic (exact) mass is 334 g/mol. The molecule has 0 saturated carbocycles. The molecule has 5 nitrogen and oxygen atoms in total. The fourth-order valence-corrected chi connectivity index (χ4v) is 2.65. The molecule has 2 aromatic heterocycles. The van der Waals surface area contributed by atoms with Crippen LogP contribution in [0.4, 0.5) is 5.82 Å². The summed E-state index contributed by atoms with van der Waals surface area (Å²) in [7, 11) is 0. The molecule has 3 rings (SSSR count). The number of hydrogen-bond acceptors (Lipinski definition) is 3. The molecule has 0 atom stereocenters. The maximum Gasteiger partial charge on any atom is 0.225 e. The number of carbonyl (C=O) groups is 1. The van der Waals surface area contributed by atoms with Crippen LogP contribution < -0.4 is 5.32 Å². The van der Waals surface area contributed by atoms with Crippen molar-refractivity contribution >= 4 is 11.7 Å². The first kappa shape index (κ1) is 16.9. The lowest BCUT2D eigenvalue weighted by Gasteiger charge is -2.04. The Balaban J connectivity index is 1.40. The van der Waals surface area contributed by atoms with Crippen molar-refractivity contribution < 1.29 is 4.79 Å². The maximum absolute atomic E-state index is 12.0. The standard InChI is InChI=1S/C20H22N4O/c25-20(8-4-7-17-5-2-1-3-6-17)22-19-12-16-24(23-19)15-11-18-9-13-21-14-10-18/h1-3,5-6,9-10,12-14,16H,4,7-8,11,15H2,(H,22,23,25). The molecule has 25 heavy (non-hydrogen) atoms. The van der Waals surface area contributed by atoms with Gasteiger partial charge in [-0.3, -0.25) is 14.5 Å². The molecule has 0 saturated heterocycles. The normalized spacial score (nSPS) is 10.6. The van der Waals surface area contributed by atoms with Gasteiger partial charge in [0.25, 0.3) is 0 Å². The molecular formula is C20H22N4O. The fourth-order valence-electron chi connectivity index (χ4n) is 2.65. The van der Waals surface area contributed by atoms with Gasteiger partial charge in [-0.15, -0.1) is 0 Å². The lowest BCUT2D eigenvalue weighted by atomic mass is 10.1. The highest BCUT2D eigenvalue weighted by atomic mass is 16.1. The Morgan fingerprint density at radius 3 is 2.52 bits per heavy atom. The molecule has 0 fully saturated rings. The van der Waals surface area contributed by atoms with Gasteiger partial charge in [0.2, 0.25) is 5.91 Å². The third-order valence-electron chi connectivity index (χ3n) is 4.00. The Bertz CT molecular complexity index is 784. The van der Waals surface area contributed by atoms with Gasteiger partial charge in [-0.2, -0.15) is 5.10 Å². The quantitative estimate of drug-likeness (QED) is 0.686. The summed E-state index contributed by atoms with van der Waals surface area (Å²) in [5.74, 6) is 0.620. The van der Waals surface area contributed by atoms with Crippen molar-refractivity contribution in [3.05, 3.63) is 78.2 Å². The Hall–Kier alpha value is -2.95. The third kappa shape index (κ3) is 5.57. The van der Waals surface area contributed by atoms with E-state index in [1.165, 1.54) is 11.1 Å². The van der Waals surface area contributed by atoms with E-state index in [1.54, 1.807) is 12.4 Å². The zero-order valence-electron chi connectivity index (χ0n) is 14.1. The highest BCUT2D eigenvalue weighted by Gasteiger charge is 2.05. The van der Waals surface area contributed by atoms with Crippen molar-refractivity contribution in [3.8, 4) is 0 Å². The minimum Gasteiger partial charge on any atom is -0.309 e. The van der Waals surface area contributed by atoms with E-state index in [9.17, 15) is 4.79 Å². The number of benzene rings is 1. The average molecular weight is 334 g/mol. The Morgan fingerprint density at radius 2 is 1.72 bits per heavy atom. The van der Waals surface area contributed by atoms with Crippen LogP contribution in [0.3, 0.4) is 0 Å². The number of rotatable bonds is 8. The zero-order valence-corrected chi connectivity index (χ0v) is 14.1. The van der Waals surface area contributed by atoms with Crippen LogP contribution in [0.1, 0.15) is 24.0 Å². The van der Waals surface area contributed by atoms with Gasteiger partial charge in [0.15, 0.2) is 5.82 Å². The minimum absolute atomic E-state index is 0.00955. The molecule has 0 radical (unpaired) electrons. The van der Waals surface area contributed by atoms with E-state index in [0.717, 1.165) is 25.8 Å². The summed E-state index contributed by atoms with van der Waals surface area (Å²) in [5.41, 5.74) is 2.48. The predicted molar refractivity (Wildman–Crippen MR) is 98.2 cm³/mol. The second-order valence-electron chi connectivity index (χ2n) is 5.96. The third-order valence-corrected chi connectivity index (χ3v) is 4.00. The van der Waals surface area contributed by atoms with Crippen LogP contribution in [0.2, 0.25) is 0 Å². The Labute approximate surface area is 147 Å². The Kier molecular flexibility index (Phi) is 5.93. The van der Waals surface area contributed by atoms with Crippen molar-refractivity contribution in [3.63, 3.8) is 0 Å². The summed E-state index contributed by atoms with van der Waals surface area (Å²) >= 11 is 0. The highest BCUT2D eigenvalue weighted by Crippen LogP contribution is 2.08. The van der Waals surface area contributed by atoms with E-state index >= 15 is 0 Å². The van der Waals surface area contributed by atoms with E-state index in [2.05, 4.69) is 27.5 Å². The van der Waals surface area contributed by atoms with Crippen LogP contribution in [-0.2, 0) is 24.2 Å². The van der Waals surface area contributed by atoms with Crippen molar-refractivity contribution in [1.82, 2.24) is 14.8 Å². The zero-order chi connectivity index (χ0) is 17.3. The van der Waals surface area contributed by atoms with E-state index in [0.29, 0.717) is 12.2 Å². The fraction of sp³-hybridized carbons (Fsp3) is 0.250. The van der Waals surface area contributed by atoms with E-state index in [4.69, 9.17) is 0 Å². The summed E-state index contributed by atoms with van der Waals surface area (Å²) < 4.78 is 1.85. The van der Waals surface area contributed by atoms with Gasteiger partial charge in [-0.1, -0.05) is 30.3 Å². The number of amides is 1. The number of pyridine rings is 1. The highest BCUT2D eigenvalue weighted by molar-refractivity contribution is 5.89. The summed E-state index contributed by atoms with van der Waals surface area (Å²) in [5, 5.41) is 7.27. The molecule has 0 spiro atoms. The molecule has 0 unspecified atom stereocenters. The van der Waals surface area contributed by atoms with Gasteiger partial charge in [-0.05, 0) is 42.5 Å². The van der Waals surface area contributed by atoms with Crippen molar-refractivity contribution in [2.75, 3.05) is 5.32 Å². The van der Waals surface area contributed by atoms with Gasteiger partial charge in [-0.25, -0.2) is 0 Å². The number of carbonyl (C=O) groups excluding carboxylic acids is 1. The van der Waals surface area contributed by atoms with Gasteiger partial charge in [0.1, 0.15) is 0 Å². The molecule has 1 aromatic carbocycles. The molecule has 128 valence electrons. The molecule has 0 aliphatic carbocycles. The number of hydrogen-bond donors (Lipinski definition) is 1. The first-order valence-corrected chi connectivity index (χ1v) is 8.56. The average Bonchev–Trinajstić information content (AvgIpc) is 3.09. The number of anilines is 1. The summed E-state index contributed by atoms with van der Waals surface area (Å²) in [6.45, 7) is 0.772. The molecular weight excluding hydrogens is 312 g/mol. The Morgan fingerprint density at radius 1 is 0.960 bits per heavy atom. The van der Waals surface area contributed by atoms with Crippen LogP contribution in [0.5, 0.6) is 0 Å². The molecule has 1 N–H and O–H groups in total. The molecule has 5 heteroatoms. The van der Waals surface area contributed by atoms with E-state index < -0.39 is 0 Å². The summed E-state index contributed by atoms with van der Waals surface area (Å²) in [6, 6.07) is 16.0. The number of aryl methyl sites for hydroxylation is 3. The lowest BCUT2D eigenvalue weighted by Crippen LogP contribution is -2.12. The first-order valence-electron chi connectivity index (χ1n) is 8.56. The number of nitrogens with zero attached hydrogens (tertiary/aromatic N) is 3. The number of nitrogens with one attached hydrogen (secondary N) is 1. The first-order chi connectivity index (χ1) is 12.3. The molecule has 0 bridgehead atoms. The van der Waals surface area contributed by atoms with Crippen LogP contribution in [0.25, 0.3) is 0 Å². The second-order valence-corrected chi connectivity index (χ2v) is 5.96. The van der Waals surface area contributed by atoms with Gasteiger partial charge in [0, 0.05) is 37.6 Å². The molecule has 0 aliphatic rings. The molecule has 0 aliphatic heterocycles. The molecule has 3 aromatic rings. The van der Waals surface area contributed by atoms with Crippen molar-refractivity contribution in [2.45, 2.75) is 32.2 Å². The van der Waals surface area contributed by atoms with Crippen LogP contribution in [0.15, 0.2) is 67.1 Å².